The Bertz CT molecular complexity index is 656. The maximum Gasteiger partial charge on any atom is 0.410 e. The lowest BCUT2D eigenvalue weighted by atomic mass is 9.84. The molecule has 2 bridgehead atoms. The summed E-state index contributed by atoms with van der Waals surface area (Å²) in [6, 6.07) is 6.61. The number of nitrogens with zero attached hydrogens (tertiary/aromatic N) is 1. The van der Waals surface area contributed by atoms with Crippen LogP contribution in [0.1, 0.15) is 31.1 Å². The Kier molecular flexibility index (Phi) is 5.44. The van der Waals surface area contributed by atoms with Gasteiger partial charge in [-0.05, 0) is 45.0 Å². The molecule has 142 valence electrons. The summed E-state index contributed by atoms with van der Waals surface area (Å²) in [5, 5.41) is 0.567. The fraction of sp³-hybridized carbons (Fsp3) is 0.579. The molecule has 0 saturated carbocycles. The van der Waals surface area contributed by atoms with Crippen molar-refractivity contribution in [1.82, 2.24) is 4.90 Å². The minimum absolute atomic E-state index is 0.0636. The van der Waals surface area contributed by atoms with E-state index in [1.165, 1.54) is 0 Å². The predicted octanol–water partition coefficient (Wildman–Crippen LogP) is 3.38. The SMILES string of the molecule is CC(C)(C)OC(=O)N1CC2COCC(C1)C2OC(=O)c1ccc(Cl)cc1. The van der Waals surface area contributed by atoms with Gasteiger partial charge in [0.1, 0.15) is 11.7 Å². The Morgan fingerprint density at radius 1 is 1.12 bits per heavy atom. The van der Waals surface area contributed by atoms with Crippen LogP contribution in [0.3, 0.4) is 0 Å². The van der Waals surface area contributed by atoms with E-state index in [1.807, 2.05) is 20.8 Å². The Balaban J connectivity index is 1.66. The van der Waals surface area contributed by atoms with Gasteiger partial charge < -0.3 is 19.1 Å². The number of likely N-dealkylation sites (tertiary alicyclic amines) is 1. The van der Waals surface area contributed by atoms with Crippen molar-refractivity contribution in [3.05, 3.63) is 34.9 Å². The minimum atomic E-state index is -0.541. The van der Waals surface area contributed by atoms with Gasteiger partial charge in [0.05, 0.1) is 18.8 Å². The molecule has 2 heterocycles. The first-order valence-corrected chi connectivity index (χ1v) is 9.13. The molecule has 6 nitrogen and oxygen atoms in total. The van der Waals surface area contributed by atoms with Crippen molar-refractivity contribution in [3.63, 3.8) is 0 Å². The lowest BCUT2D eigenvalue weighted by Crippen LogP contribution is -2.58. The number of carbonyl (C=O) groups excluding carboxylic acids is 2. The maximum absolute atomic E-state index is 12.4. The van der Waals surface area contributed by atoms with Crippen LogP contribution >= 0.6 is 11.6 Å². The van der Waals surface area contributed by atoms with Crippen LogP contribution in [-0.4, -0.2) is 55.0 Å². The Morgan fingerprint density at radius 3 is 2.23 bits per heavy atom. The van der Waals surface area contributed by atoms with Crippen LogP contribution in [0.4, 0.5) is 4.79 Å². The first-order valence-electron chi connectivity index (χ1n) is 8.75. The number of rotatable bonds is 2. The number of esters is 1. The van der Waals surface area contributed by atoms with Crippen molar-refractivity contribution in [2.75, 3.05) is 26.3 Å². The van der Waals surface area contributed by atoms with E-state index in [1.54, 1.807) is 29.2 Å². The molecule has 7 heteroatoms. The zero-order chi connectivity index (χ0) is 18.9. The van der Waals surface area contributed by atoms with Crippen LogP contribution in [0.5, 0.6) is 0 Å². The second-order valence-electron chi connectivity index (χ2n) is 7.82. The van der Waals surface area contributed by atoms with E-state index in [0.29, 0.717) is 36.9 Å². The lowest BCUT2D eigenvalue weighted by Gasteiger charge is -2.46. The van der Waals surface area contributed by atoms with Crippen molar-refractivity contribution in [3.8, 4) is 0 Å². The molecular formula is C19H24ClNO5. The molecule has 0 N–H and O–H groups in total. The van der Waals surface area contributed by atoms with Crippen LogP contribution in [0.25, 0.3) is 0 Å². The van der Waals surface area contributed by atoms with E-state index < -0.39 is 5.60 Å². The summed E-state index contributed by atoms with van der Waals surface area (Å²) in [5.74, 6) is -0.508. The van der Waals surface area contributed by atoms with E-state index in [2.05, 4.69) is 0 Å². The third kappa shape index (κ3) is 4.48. The highest BCUT2D eigenvalue weighted by Gasteiger charge is 2.45. The van der Waals surface area contributed by atoms with Gasteiger partial charge >= 0.3 is 12.1 Å². The third-order valence-corrected chi connectivity index (χ3v) is 4.73. The molecule has 1 aromatic rings. The van der Waals surface area contributed by atoms with Crippen LogP contribution in [-0.2, 0) is 14.2 Å². The fourth-order valence-corrected chi connectivity index (χ4v) is 3.47. The Hall–Kier alpha value is -1.79. The lowest BCUT2D eigenvalue weighted by molar-refractivity contribution is -0.126. The number of ether oxygens (including phenoxy) is 3. The molecule has 0 spiro atoms. The quantitative estimate of drug-likeness (QED) is 0.735. The summed E-state index contributed by atoms with van der Waals surface area (Å²) in [7, 11) is 0. The standard InChI is InChI=1S/C19H24ClNO5/c1-19(2,3)26-18(23)21-8-13-10-24-11-14(9-21)16(13)25-17(22)12-4-6-15(20)7-5-12/h4-7,13-14,16H,8-11H2,1-3H3. The molecule has 2 atom stereocenters. The molecule has 2 aliphatic rings. The normalized spacial score (nSPS) is 25.5. The minimum Gasteiger partial charge on any atom is -0.458 e. The van der Waals surface area contributed by atoms with Crippen molar-refractivity contribution in [2.24, 2.45) is 11.8 Å². The van der Waals surface area contributed by atoms with Gasteiger partial charge in [0.25, 0.3) is 0 Å². The first kappa shape index (κ1) is 19.0. The van der Waals surface area contributed by atoms with Crippen LogP contribution in [0.15, 0.2) is 24.3 Å². The molecule has 26 heavy (non-hydrogen) atoms. The molecule has 2 saturated heterocycles. The second kappa shape index (κ2) is 7.45. The smallest absolute Gasteiger partial charge is 0.410 e. The van der Waals surface area contributed by atoms with E-state index >= 15 is 0 Å². The highest BCUT2D eigenvalue weighted by molar-refractivity contribution is 6.30. The fourth-order valence-electron chi connectivity index (χ4n) is 3.34. The van der Waals surface area contributed by atoms with Gasteiger partial charge in [-0.15, -0.1) is 0 Å². The number of benzene rings is 1. The van der Waals surface area contributed by atoms with Crippen molar-refractivity contribution >= 4 is 23.7 Å². The number of hydrogen-bond acceptors (Lipinski definition) is 5. The van der Waals surface area contributed by atoms with Gasteiger partial charge in [0.2, 0.25) is 0 Å². The number of amides is 1. The number of carbonyl (C=O) groups is 2. The van der Waals surface area contributed by atoms with Gasteiger partial charge in [-0.25, -0.2) is 9.59 Å². The van der Waals surface area contributed by atoms with Crippen molar-refractivity contribution in [1.29, 1.82) is 0 Å². The predicted molar refractivity (Wildman–Crippen MR) is 96.3 cm³/mol. The molecule has 2 fully saturated rings. The average Bonchev–Trinajstić information content (AvgIpc) is 2.53. The maximum atomic E-state index is 12.4. The number of fused-ring (bicyclic) bond motifs is 2. The van der Waals surface area contributed by atoms with E-state index in [4.69, 9.17) is 25.8 Å². The van der Waals surface area contributed by atoms with Crippen molar-refractivity contribution in [2.45, 2.75) is 32.5 Å². The van der Waals surface area contributed by atoms with Gasteiger partial charge in [-0.1, -0.05) is 11.6 Å². The summed E-state index contributed by atoms with van der Waals surface area (Å²) >= 11 is 5.86. The van der Waals surface area contributed by atoms with Crippen LogP contribution in [0.2, 0.25) is 5.02 Å². The van der Waals surface area contributed by atoms with Gasteiger partial charge in [-0.3, -0.25) is 0 Å². The molecule has 1 amide bonds. The molecule has 0 radical (unpaired) electrons. The zero-order valence-corrected chi connectivity index (χ0v) is 16.0. The molecule has 0 aliphatic carbocycles. The number of halogens is 1. The number of piperidine rings is 1. The Morgan fingerprint density at radius 2 is 1.69 bits per heavy atom. The third-order valence-electron chi connectivity index (χ3n) is 4.48. The van der Waals surface area contributed by atoms with E-state index in [-0.39, 0.29) is 30.0 Å². The van der Waals surface area contributed by atoms with Gasteiger partial charge in [-0.2, -0.15) is 0 Å². The van der Waals surface area contributed by atoms with Crippen LogP contribution in [0, 0.1) is 11.8 Å². The highest BCUT2D eigenvalue weighted by atomic mass is 35.5. The molecule has 1 aromatic carbocycles. The summed E-state index contributed by atoms with van der Waals surface area (Å²) in [6.45, 7) is 7.33. The van der Waals surface area contributed by atoms with E-state index in [0.717, 1.165) is 0 Å². The topological polar surface area (TPSA) is 65.1 Å². The monoisotopic (exact) mass is 381 g/mol. The van der Waals surface area contributed by atoms with Crippen molar-refractivity contribution < 1.29 is 23.8 Å². The van der Waals surface area contributed by atoms with E-state index in [9.17, 15) is 9.59 Å². The molecular weight excluding hydrogens is 358 g/mol. The average molecular weight is 382 g/mol. The zero-order valence-electron chi connectivity index (χ0n) is 15.2. The Labute approximate surface area is 158 Å². The second-order valence-corrected chi connectivity index (χ2v) is 8.26. The highest BCUT2D eigenvalue weighted by Crippen LogP contribution is 2.31. The molecule has 2 aliphatic heterocycles. The van der Waals surface area contributed by atoms with Crippen LogP contribution < -0.4 is 0 Å². The first-order chi connectivity index (χ1) is 12.2. The summed E-state index contributed by atoms with van der Waals surface area (Å²) in [6.07, 6.45) is -0.609. The molecule has 3 rings (SSSR count). The summed E-state index contributed by atoms with van der Waals surface area (Å²) in [4.78, 5) is 26.5. The summed E-state index contributed by atoms with van der Waals surface area (Å²) < 4.78 is 16.8. The largest absolute Gasteiger partial charge is 0.458 e. The number of hydrogen-bond donors (Lipinski definition) is 0. The van der Waals surface area contributed by atoms with Gasteiger partial charge in [0.15, 0.2) is 0 Å². The van der Waals surface area contributed by atoms with Gasteiger partial charge in [0, 0.05) is 29.9 Å². The molecule has 2 unspecified atom stereocenters. The molecule has 0 aromatic heterocycles. The summed E-state index contributed by atoms with van der Waals surface area (Å²) in [5.41, 5.74) is -0.0800.